The summed E-state index contributed by atoms with van der Waals surface area (Å²) < 4.78 is 18.6. The lowest BCUT2D eigenvalue weighted by Crippen LogP contribution is -2.33. The second-order valence-electron chi connectivity index (χ2n) is 5.34. The van der Waals surface area contributed by atoms with Gasteiger partial charge in [-0.15, -0.1) is 0 Å². The lowest BCUT2D eigenvalue weighted by Gasteiger charge is -2.23. The molecule has 2 rings (SSSR count). The first-order valence-electron chi connectivity index (χ1n) is 7.59. The monoisotopic (exact) mass is 350 g/mol. The van der Waals surface area contributed by atoms with Gasteiger partial charge in [0.2, 0.25) is 5.91 Å². The zero-order valence-electron chi connectivity index (χ0n) is 13.9. The fraction of sp³-hybridized carbons (Fsp3) is 0.278. The van der Waals surface area contributed by atoms with Crippen LogP contribution in [0, 0.1) is 12.7 Å². The molecular formula is C18H20ClFN2O2. The topological polar surface area (TPSA) is 41.6 Å². The number of ether oxygens (including phenoxy) is 1. The Balaban J connectivity index is 2.13. The third-order valence-electron chi connectivity index (χ3n) is 3.64. The molecule has 0 spiro atoms. The van der Waals surface area contributed by atoms with Crippen LogP contribution in [0.3, 0.4) is 0 Å². The number of aryl methyl sites for hydroxylation is 1. The number of likely N-dealkylation sites (N-methyl/N-ethyl adjacent to an activating group) is 1. The highest BCUT2D eigenvalue weighted by Gasteiger charge is 2.14. The summed E-state index contributed by atoms with van der Waals surface area (Å²) in [6, 6.07) is 9.60. The van der Waals surface area contributed by atoms with Crippen molar-refractivity contribution >= 4 is 28.9 Å². The summed E-state index contributed by atoms with van der Waals surface area (Å²) >= 11 is 6.07. The minimum atomic E-state index is -0.332. The van der Waals surface area contributed by atoms with E-state index < -0.39 is 0 Å². The second-order valence-corrected chi connectivity index (χ2v) is 5.75. The van der Waals surface area contributed by atoms with Gasteiger partial charge in [-0.05, 0) is 43.7 Å². The molecular weight excluding hydrogens is 331 g/mol. The van der Waals surface area contributed by atoms with Crippen molar-refractivity contribution in [3.8, 4) is 5.75 Å². The van der Waals surface area contributed by atoms with E-state index in [9.17, 15) is 9.18 Å². The molecule has 1 amide bonds. The van der Waals surface area contributed by atoms with Gasteiger partial charge in [-0.2, -0.15) is 0 Å². The number of anilines is 2. The number of nitrogens with zero attached hydrogens (tertiary/aromatic N) is 1. The zero-order valence-corrected chi connectivity index (χ0v) is 14.7. The SMILES string of the molecule is CCN(CC(=O)Nc1cc(C)c(Cl)cc1OC)c1cccc(F)c1. The third-order valence-corrected chi connectivity index (χ3v) is 4.05. The van der Waals surface area contributed by atoms with Crippen LogP contribution in [0.15, 0.2) is 36.4 Å². The Hall–Kier alpha value is -2.27. The number of carbonyl (C=O) groups excluding carboxylic acids is 1. The number of carbonyl (C=O) groups is 1. The molecule has 24 heavy (non-hydrogen) atoms. The van der Waals surface area contributed by atoms with E-state index >= 15 is 0 Å². The average molecular weight is 351 g/mol. The maximum atomic E-state index is 13.4. The van der Waals surface area contributed by atoms with E-state index in [1.807, 2.05) is 13.8 Å². The van der Waals surface area contributed by atoms with Gasteiger partial charge in [-0.1, -0.05) is 17.7 Å². The first kappa shape index (κ1) is 18.1. The molecule has 0 unspecified atom stereocenters. The molecule has 0 aliphatic rings. The molecule has 0 fully saturated rings. The van der Waals surface area contributed by atoms with E-state index in [-0.39, 0.29) is 18.3 Å². The van der Waals surface area contributed by atoms with Crippen LogP contribution in [0.1, 0.15) is 12.5 Å². The Morgan fingerprint density at radius 2 is 2.08 bits per heavy atom. The van der Waals surface area contributed by atoms with Crippen LogP contribution >= 0.6 is 11.6 Å². The maximum Gasteiger partial charge on any atom is 0.243 e. The van der Waals surface area contributed by atoms with Gasteiger partial charge in [0.15, 0.2) is 0 Å². The molecule has 1 N–H and O–H groups in total. The van der Waals surface area contributed by atoms with Crippen LogP contribution in [0.25, 0.3) is 0 Å². The van der Waals surface area contributed by atoms with Gasteiger partial charge < -0.3 is 15.0 Å². The summed E-state index contributed by atoms with van der Waals surface area (Å²) in [5.74, 6) is -0.0600. The van der Waals surface area contributed by atoms with Gasteiger partial charge >= 0.3 is 0 Å². The normalized spacial score (nSPS) is 10.4. The summed E-state index contributed by atoms with van der Waals surface area (Å²) in [7, 11) is 1.52. The van der Waals surface area contributed by atoms with Gasteiger partial charge in [0, 0.05) is 23.3 Å². The molecule has 0 saturated carbocycles. The summed E-state index contributed by atoms with van der Waals surface area (Å²) in [6.45, 7) is 4.44. The molecule has 4 nitrogen and oxygen atoms in total. The highest BCUT2D eigenvalue weighted by Crippen LogP contribution is 2.31. The van der Waals surface area contributed by atoms with Gasteiger partial charge in [0.25, 0.3) is 0 Å². The van der Waals surface area contributed by atoms with E-state index in [4.69, 9.17) is 16.3 Å². The van der Waals surface area contributed by atoms with Crippen molar-refractivity contribution in [1.82, 2.24) is 0 Å². The predicted octanol–water partition coefficient (Wildman–Crippen LogP) is 4.26. The molecule has 6 heteroatoms. The smallest absolute Gasteiger partial charge is 0.243 e. The molecule has 0 radical (unpaired) electrons. The number of methoxy groups -OCH3 is 1. The summed E-state index contributed by atoms with van der Waals surface area (Å²) in [5.41, 5.74) is 2.05. The van der Waals surface area contributed by atoms with E-state index in [1.165, 1.54) is 19.2 Å². The van der Waals surface area contributed by atoms with E-state index in [1.54, 1.807) is 29.2 Å². The Labute approximate surface area is 146 Å². The van der Waals surface area contributed by atoms with Crippen LogP contribution in [-0.2, 0) is 4.79 Å². The molecule has 0 saturated heterocycles. The molecule has 0 bridgehead atoms. The van der Waals surface area contributed by atoms with Crippen LogP contribution in [0.2, 0.25) is 5.02 Å². The highest BCUT2D eigenvalue weighted by molar-refractivity contribution is 6.31. The van der Waals surface area contributed by atoms with E-state index in [0.717, 1.165) is 5.56 Å². The Morgan fingerprint density at radius 3 is 2.71 bits per heavy atom. The number of nitrogens with one attached hydrogen (secondary N) is 1. The number of amides is 1. The molecule has 128 valence electrons. The third kappa shape index (κ3) is 4.38. The minimum absolute atomic E-state index is 0.102. The predicted molar refractivity (Wildman–Crippen MR) is 95.7 cm³/mol. The van der Waals surface area contributed by atoms with Crippen LogP contribution in [-0.4, -0.2) is 26.1 Å². The standard InChI is InChI=1S/C18H20ClFN2O2/c1-4-22(14-7-5-6-13(20)9-14)11-18(23)21-16-8-12(2)15(19)10-17(16)24-3/h5-10H,4,11H2,1-3H3,(H,21,23). The van der Waals surface area contributed by atoms with Crippen molar-refractivity contribution in [3.63, 3.8) is 0 Å². The van der Waals surface area contributed by atoms with Gasteiger partial charge in [-0.25, -0.2) is 4.39 Å². The van der Waals surface area contributed by atoms with Crippen LogP contribution in [0.4, 0.5) is 15.8 Å². The van der Waals surface area contributed by atoms with Crippen LogP contribution < -0.4 is 15.0 Å². The van der Waals surface area contributed by atoms with Crippen molar-refractivity contribution in [2.75, 3.05) is 30.4 Å². The molecule has 0 aromatic heterocycles. The lowest BCUT2D eigenvalue weighted by atomic mass is 10.2. The first-order chi connectivity index (χ1) is 11.4. The van der Waals surface area contributed by atoms with Gasteiger partial charge in [0.05, 0.1) is 19.3 Å². The number of hydrogen-bond acceptors (Lipinski definition) is 3. The fourth-order valence-corrected chi connectivity index (χ4v) is 2.51. The molecule has 0 aliphatic carbocycles. The highest BCUT2D eigenvalue weighted by atomic mass is 35.5. The van der Waals surface area contributed by atoms with Crippen molar-refractivity contribution in [3.05, 3.63) is 52.8 Å². The molecule has 0 aliphatic heterocycles. The Bertz CT molecular complexity index is 737. The molecule has 2 aromatic carbocycles. The Kier molecular flexibility index (Phi) is 6.04. The number of benzene rings is 2. The molecule has 2 aromatic rings. The minimum Gasteiger partial charge on any atom is -0.495 e. The number of halogens is 2. The van der Waals surface area contributed by atoms with E-state index in [2.05, 4.69) is 5.32 Å². The van der Waals surface area contributed by atoms with Crippen LogP contribution in [0.5, 0.6) is 5.75 Å². The van der Waals surface area contributed by atoms with Crippen molar-refractivity contribution in [1.29, 1.82) is 0 Å². The van der Waals surface area contributed by atoms with Crippen molar-refractivity contribution < 1.29 is 13.9 Å². The second kappa shape index (κ2) is 8.02. The number of rotatable bonds is 6. The summed E-state index contributed by atoms with van der Waals surface area (Å²) in [5, 5.41) is 3.39. The largest absolute Gasteiger partial charge is 0.495 e. The quantitative estimate of drug-likeness (QED) is 0.846. The first-order valence-corrected chi connectivity index (χ1v) is 7.97. The summed E-state index contributed by atoms with van der Waals surface area (Å²) in [4.78, 5) is 14.2. The van der Waals surface area contributed by atoms with Gasteiger partial charge in [-0.3, -0.25) is 4.79 Å². The van der Waals surface area contributed by atoms with Gasteiger partial charge in [0.1, 0.15) is 11.6 Å². The maximum absolute atomic E-state index is 13.4. The van der Waals surface area contributed by atoms with Crippen molar-refractivity contribution in [2.45, 2.75) is 13.8 Å². The zero-order chi connectivity index (χ0) is 17.7. The molecule has 0 atom stereocenters. The average Bonchev–Trinajstić information content (AvgIpc) is 2.55. The van der Waals surface area contributed by atoms with E-state index in [0.29, 0.717) is 28.7 Å². The van der Waals surface area contributed by atoms with Crippen molar-refractivity contribution in [2.24, 2.45) is 0 Å². The Morgan fingerprint density at radius 1 is 1.33 bits per heavy atom. The fourth-order valence-electron chi connectivity index (χ4n) is 2.35. The number of hydrogen-bond donors (Lipinski definition) is 1. The summed E-state index contributed by atoms with van der Waals surface area (Å²) in [6.07, 6.45) is 0. The lowest BCUT2D eigenvalue weighted by molar-refractivity contribution is -0.115. The molecule has 0 heterocycles.